The third-order valence-electron chi connectivity index (χ3n) is 6.40. The molecule has 1 fully saturated rings. The van der Waals surface area contributed by atoms with E-state index in [0.29, 0.717) is 24.3 Å². The quantitative estimate of drug-likeness (QED) is 0.494. The second-order valence-electron chi connectivity index (χ2n) is 8.52. The number of hydrogen-bond acceptors (Lipinski definition) is 4. The molecule has 1 atom stereocenters. The molecular formula is C28H33FN4O. The van der Waals surface area contributed by atoms with E-state index in [-0.39, 0.29) is 17.8 Å². The second kappa shape index (κ2) is 11.3. The first-order chi connectivity index (χ1) is 16.6. The largest absolute Gasteiger partial charge is 0.353 e. The third kappa shape index (κ3) is 5.46. The Kier molecular flexibility index (Phi) is 7.93. The number of halogens is 1. The Labute approximate surface area is 201 Å². The van der Waals surface area contributed by atoms with Gasteiger partial charge in [0.2, 0.25) is 0 Å². The maximum Gasteiger partial charge on any atom is 0.253 e. The van der Waals surface area contributed by atoms with Crippen LogP contribution in [0.5, 0.6) is 0 Å². The zero-order valence-electron chi connectivity index (χ0n) is 19.9. The average molecular weight is 461 g/mol. The van der Waals surface area contributed by atoms with Crippen LogP contribution in [0.2, 0.25) is 0 Å². The maximum atomic E-state index is 14.2. The lowest BCUT2D eigenvalue weighted by Crippen LogP contribution is -2.45. The summed E-state index contributed by atoms with van der Waals surface area (Å²) in [6.45, 7) is 9.11. The lowest BCUT2D eigenvalue weighted by Gasteiger charge is -2.36. The third-order valence-corrected chi connectivity index (χ3v) is 6.40. The molecule has 1 aliphatic rings. The monoisotopic (exact) mass is 460 g/mol. The lowest BCUT2D eigenvalue weighted by atomic mass is 9.95. The number of para-hydroxylation sites is 1. The van der Waals surface area contributed by atoms with Gasteiger partial charge in [-0.1, -0.05) is 36.4 Å². The number of nitrogens with zero attached hydrogens (tertiary/aromatic N) is 2. The Morgan fingerprint density at radius 3 is 2.35 bits per heavy atom. The molecule has 0 bridgehead atoms. The number of benzene rings is 3. The van der Waals surface area contributed by atoms with E-state index in [1.54, 1.807) is 12.1 Å². The first-order valence-corrected chi connectivity index (χ1v) is 12.1. The molecule has 2 N–H and O–H groups in total. The van der Waals surface area contributed by atoms with Crippen molar-refractivity contribution >= 4 is 17.3 Å². The van der Waals surface area contributed by atoms with Gasteiger partial charge in [0.05, 0.1) is 11.7 Å². The summed E-state index contributed by atoms with van der Waals surface area (Å²) in [5.41, 5.74) is 4.28. The highest BCUT2D eigenvalue weighted by atomic mass is 19.1. The number of anilines is 2. The van der Waals surface area contributed by atoms with Crippen LogP contribution >= 0.6 is 0 Å². The van der Waals surface area contributed by atoms with Crippen LogP contribution in [0.4, 0.5) is 15.8 Å². The van der Waals surface area contributed by atoms with Crippen LogP contribution in [-0.4, -0.2) is 55.0 Å². The van der Waals surface area contributed by atoms with Gasteiger partial charge in [-0.15, -0.1) is 0 Å². The van der Waals surface area contributed by atoms with E-state index < -0.39 is 0 Å². The molecule has 1 heterocycles. The Morgan fingerprint density at radius 1 is 0.971 bits per heavy atom. The van der Waals surface area contributed by atoms with Gasteiger partial charge < -0.3 is 15.5 Å². The van der Waals surface area contributed by atoms with Crippen molar-refractivity contribution in [3.05, 3.63) is 95.3 Å². The van der Waals surface area contributed by atoms with E-state index in [2.05, 4.69) is 39.8 Å². The molecule has 3 aromatic rings. The van der Waals surface area contributed by atoms with Crippen LogP contribution in [0.3, 0.4) is 0 Å². The molecule has 1 amide bonds. The molecule has 0 spiro atoms. The van der Waals surface area contributed by atoms with Gasteiger partial charge in [0.25, 0.3) is 5.91 Å². The molecule has 5 nitrogen and oxygen atoms in total. The van der Waals surface area contributed by atoms with E-state index in [1.807, 2.05) is 49.1 Å². The van der Waals surface area contributed by atoms with Gasteiger partial charge >= 0.3 is 0 Å². The number of hydrogen-bond donors (Lipinski definition) is 2. The van der Waals surface area contributed by atoms with Gasteiger partial charge in [0.15, 0.2) is 0 Å². The molecule has 0 aliphatic carbocycles. The molecule has 0 saturated carbocycles. The summed E-state index contributed by atoms with van der Waals surface area (Å²) < 4.78 is 14.2. The molecule has 4 rings (SSSR count). The molecule has 0 unspecified atom stereocenters. The molecule has 0 radical (unpaired) electrons. The van der Waals surface area contributed by atoms with Crippen LogP contribution in [-0.2, 0) is 0 Å². The van der Waals surface area contributed by atoms with Crippen molar-refractivity contribution < 1.29 is 9.18 Å². The predicted molar refractivity (Wildman–Crippen MR) is 136 cm³/mol. The lowest BCUT2D eigenvalue weighted by molar-refractivity contribution is 0.0773. The summed E-state index contributed by atoms with van der Waals surface area (Å²) in [6.07, 6.45) is 0. The molecule has 1 aliphatic heterocycles. The highest BCUT2D eigenvalue weighted by Crippen LogP contribution is 2.32. The first kappa shape index (κ1) is 23.9. The molecule has 178 valence electrons. The fourth-order valence-electron chi connectivity index (χ4n) is 4.56. The average Bonchev–Trinajstić information content (AvgIpc) is 2.88. The summed E-state index contributed by atoms with van der Waals surface area (Å²) in [5.74, 6) is -0.216. The highest BCUT2D eigenvalue weighted by molar-refractivity contribution is 5.94. The van der Waals surface area contributed by atoms with Crippen LogP contribution in [0.25, 0.3) is 0 Å². The maximum absolute atomic E-state index is 14.2. The summed E-state index contributed by atoms with van der Waals surface area (Å²) in [6, 6.07) is 22.9. The molecule has 3 aromatic carbocycles. The first-order valence-electron chi connectivity index (χ1n) is 12.1. The minimum Gasteiger partial charge on any atom is -0.353 e. The molecule has 1 saturated heterocycles. The molecule has 0 aromatic heterocycles. The number of carbonyl (C=O) groups is 1. The Hall–Kier alpha value is -3.22. The fourth-order valence-corrected chi connectivity index (χ4v) is 4.56. The van der Waals surface area contributed by atoms with Crippen molar-refractivity contribution in [2.75, 3.05) is 44.6 Å². The number of piperazine rings is 1. The van der Waals surface area contributed by atoms with Crippen molar-refractivity contribution in [1.29, 1.82) is 0 Å². The van der Waals surface area contributed by atoms with Gasteiger partial charge in [-0.05, 0) is 61.4 Å². The summed E-state index contributed by atoms with van der Waals surface area (Å²) in [4.78, 5) is 17.1. The Balaban J connectivity index is 1.65. The highest BCUT2D eigenvalue weighted by Gasteiger charge is 2.25. The van der Waals surface area contributed by atoms with Crippen molar-refractivity contribution in [3.8, 4) is 0 Å². The van der Waals surface area contributed by atoms with Crippen molar-refractivity contribution in [2.24, 2.45) is 0 Å². The zero-order chi connectivity index (χ0) is 23.9. The van der Waals surface area contributed by atoms with E-state index in [9.17, 15) is 9.18 Å². The fraction of sp³-hybridized carbons (Fsp3) is 0.321. The van der Waals surface area contributed by atoms with E-state index in [1.165, 1.54) is 6.07 Å². The summed E-state index contributed by atoms with van der Waals surface area (Å²) >= 11 is 0. The van der Waals surface area contributed by atoms with Gasteiger partial charge in [0.1, 0.15) is 5.82 Å². The number of rotatable bonds is 8. The van der Waals surface area contributed by atoms with E-state index >= 15 is 0 Å². The van der Waals surface area contributed by atoms with Crippen molar-refractivity contribution in [1.82, 2.24) is 15.1 Å². The number of carbonyl (C=O) groups excluding carboxylic acids is 1. The van der Waals surface area contributed by atoms with Gasteiger partial charge in [-0.3, -0.25) is 9.69 Å². The number of nitrogens with one attached hydrogen (secondary N) is 2. The van der Waals surface area contributed by atoms with Crippen LogP contribution in [0.1, 0.15) is 41.4 Å². The smallest absolute Gasteiger partial charge is 0.253 e. The number of amides is 1. The van der Waals surface area contributed by atoms with Gasteiger partial charge in [-0.25, -0.2) is 4.39 Å². The second-order valence-corrected chi connectivity index (χ2v) is 8.52. The minimum absolute atomic E-state index is 0.0436. The van der Waals surface area contributed by atoms with E-state index in [0.717, 1.165) is 43.0 Å². The normalized spacial score (nSPS) is 15.0. The molecule has 6 heteroatoms. The summed E-state index contributed by atoms with van der Waals surface area (Å²) in [5, 5.41) is 6.64. The topological polar surface area (TPSA) is 47.6 Å². The minimum atomic E-state index is -0.278. The molecule has 34 heavy (non-hydrogen) atoms. The summed E-state index contributed by atoms with van der Waals surface area (Å²) in [7, 11) is 0. The predicted octanol–water partition coefficient (Wildman–Crippen LogP) is 5.05. The zero-order valence-corrected chi connectivity index (χ0v) is 19.9. The SMILES string of the molecule is CCN(CC)C(=O)c1ccc([C@H](c2cccc(Nc3ccccc3F)c2)N2CCNCC2)cc1. The van der Waals surface area contributed by atoms with Crippen molar-refractivity contribution in [3.63, 3.8) is 0 Å². The van der Waals surface area contributed by atoms with E-state index in [4.69, 9.17) is 0 Å². The molecular weight excluding hydrogens is 427 g/mol. The Bertz CT molecular complexity index is 1090. The Morgan fingerprint density at radius 2 is 1.68 bits per heavy atom. The standard InChI is InChI=1S/C28H33FN4O/c1-3-32(4-2)28(34)22-14-12-21(13-15-22)27(33-18-16-30-17-19-33)23-8-7-9-24(20-23)31-26-11-6-5-10-25(26)29/h5-15,20,27,30-31H,3-4,16-19H2,1-2H3/t27-/m1/s1. The van der Waals surface area contributed by atoms with Crippen LogP contribution in [0.15, 0.2) is 72.8 Å². The van der Waals surface area contributed by atoms with Crippen LogP contribution < -0.4 is 10.6 Å². The van der Waals surface area contributed by atoms with Gasteiger partial charge in [-0.2, -0.15) is 0 Å². The van der Waals surface area contributed by atoms with Crippen molar-refractivity contribution in [2.45, 2.75) is 19.9 Å². The van der Waals surface area contributed by atoms with Gasteiger partial charge in [0, 0.05) is 50.5 Å². The van der Waals surface area contributed by atoms with Crippen LogP contribution in [0, 0.1) is 5.82 Å².